The van der Waals surface area contributed by atoms with Gasteiger partial charge in [0.15, 0.2) is 5.82 Å². The number of carbonyl (C=O) groups is 1. The Labute approximate surface area is 123 Å². The summed E-state index contributed by atoms with van der Waals surface area (Å²) in [5.41, 5.74) is 0.0247. The monoisotopic (exact) mass is 293 g/mol. The molecule has 2 aliphatic heterocycles. The third kappa shape index (κ3) is 3.39. The van der Waals surface area contributed by atoms with Crippen LogP contribution in [0.5, 0.6) is 0 Å². The van der Waals surface area contributed by atoms with Gasteiger partial charge in [-0.1, -0.05) is 6.42 Å². The molecular formula is C15H20FN3O2. The number of nitrogens with one attached hydrogen (secondary N) is 1. The molecule has 1 aromatic heterocycles. The first-order chi connectivity index (χ1) is 10.2. The first-order valence-electron chi connectivity index (χ1n) is 7.47. The first kappa shape index (κ1) is 14.4. The standard InChI is InChI=1S/C15H20FN3O2/c16-14-8-17-5-4-13(14)15(20)18-7-12-9-19-6-2-1-3-11(19)10-21-12/h4-5,8,11-12H,1-3,6-7,9-10H2,(H,18,20)/t11-,12-/m1/s1. The zero-order valence-corrected chi connectivity index (χ0v) is 11.9. The van der Waals surface area contributed by atoms with Crippen molar-refractivity contribution in [3.05, 3.63) is 29.8 Å². The molecule has 3 rings (SSSR count). The molecule has 21 heavy (non-hydrogen) atoms. The number of halogens is 1. The Morgan fingerprint density at radius 3 is 3.29 bits per heavy atom. The lowest BCUT2D eigenvalue weighted by Crippen LogP contribution is -2.54. The SMILES string of the molecule is O=C(NC[C@@H]1CN2CCCC[C@@H]2CO1)c1ccncc1F. The molecule has 0 radical (unpaired) electrons. The maximum absolute atomic E-state index is 13.5. The van der Waals surface area contributed by atoms with Crippen molar-refractivity contribution < 1.29 is 13.9 Å². The van der Waals surface area contributed by atoms with Gasteiger partial charge in [-0.15, -0.1) is 0 Å². The van der Waals surface area contributed by atoms with Crippen molar-refractivity contribution in [3.63, 3.8) is 0 Å². The number of pyridine rings is 1. The molecule has 1 amide bonds. The van der Waals surface area contributed by atoms with Gasteiger partial charge in [-0.25, -0.2) is 4.39 Å². The maximum atomic E-state index is 13.5. The van der Waals surface area contributed by atoms with Crippen LogP contribution in [-0.2, 0) is 4.74 Å². The molecule has 0 aliphatic carbocycles. The number of morpholine rings is 1. The van der Waals surface area contributed by atoms with Crippen molar-refractivity contribution in [3.8, 4) is 0 Å². The van der Waals surface area contributed by atoms with Crippen LogP contribution in [0.2, 0.25) is 0 Å². The van der Waals surface area contributed by atoms with Crippen molar-refractivity contribution in [2.24, 2.45) is 0 Å². The number of carbonyl (C=O) groups excluding carboxylic acids is 1. The van der Waals surface area contributed by atoms with Gasteiger partial charge in [0.05, 0.1) is 24.5 Å². The molecule has 114 valence electrons. The van der Waals surface area contributed by atoms with E-state index in [1.54, 1.807) is 0 Å². The van der Waals surface area contributed by atoms with E-state index in [1.165, 1.54) is 31.5 Å². The van der Waals surface area contributed by atoms with E-state index in [0.29, 0.717) is 12.6 Å². The number of fused-ring (bicyclic) bond motifs is 1. The number of rotatable bonds is 3. The second kappa shape index (κ2) is 6.49. The van der Waals surface area contributed by atoms with Crippen molar-refractivity contribution >= 4 is 5.91 Å². The molecule has 5 nitrogen and oxygen atoms in total. The van der Waals surface area contributed by atoms with Crippen LogP contribution in [0, 0.1) is 5.82 Å². The van der Waals surface area contributed by atoms with Crippen LogP contribution in [0.3, 0.4) is 0 Å². The van der Waals surface area contributed by atoms with Crippen molar-refractivity contribution in [2.75, 3.05) is 26.2 Å². The first-order valence-corrected chi connectivity index (χ1v) is 7.47. The van der Waals surface area contributed by atoms with E-state index in [4.69, 9.17) is 4.74 Å². The van der Waals surface area contributed by atoms with Gasteiger partial charge in [0.1, 0.15) is 0 Å². The third-order valence-electron chi connectivity index (χ3n) is 4.22. The largest absolute Gasteiger partial charge is 0.373 e. The minimum atomic E-state index is -0.601. The van der Waals surface area contributed by atoms with Crippen molar-refractivity contribution in [1.82, 2.24) is 15.2 Å². The molecule has 2 fully saturated rings. The molecule has 1 aromatic rings. The summed E-state index contributed by atoms with van der Waals surface area (Å²) in [4.78, 5) is 18.0. The second-order valence-corrected chi connectivity index (χ2v) is 5.67. The molecule has 3 heterocycles. The summed E-state index contributed by atoms with van der Waals surface area (Å²) < 4.78 is 19.3. The minimum absolute atomic E-state index is 0.0202. The summed E-state index contributed by atoms with van der Waals surface area (Å²) in [7, 11) is 0. The Hall–Kier alpha value is -1.53. The summed E-state index contributed by atoms with van der Waals surface area (Å²) in [5.74, 6) is -1.02. The molecule has 0 bridgehead atoms. The molecule has 1 N–H and O–H groups in total. The quantitative estimate of drug-likeness (QED) is 0.910. The van der Waals surface area contributed by atoms with Gasteiger partial charge in [0.2, 0.25) is 0 Å². The number of aromatic nitrogens is 1. The summed E-state index contributed by atoms with van der Waals surface area (Å²) in [6.45, 7) is 3.08. The van der Waals surface area contributed by atoms with Crippen LogP contribution in [0.25, 0.3) is 0 Å². The predicted molar refractivity (Wildman–Crippen MR) is 75.5 cm³/mol. The number of nitrogens with zero attached hydrogens (tertiary/aromatic N) is 2. The average Bonchev–Trinajstić information content (AvgIpc) is 2.53. The van der Waals surface area contributed by atoms with E-state index in [-0.39, 0.29) is 11.7 Å². The number of hydrogen-bond donors (Lipinski definition) is 1. The highest BCUT2D eigenvalue weighted by Gasteiger charge is 2.30. The molecule has 0 saturated carbocycles. The normalized spacial score (nSPS) is 26.1. The van der Waals surface area contributed by atoms with Crippen LogP contribution in [0.4, 0.5) is 4.39 Å². The van der Waals surface area contributed by atoms with Crippen LogP contribution < -0.4 is 5.32 Å². The average molecular weight is 293 g/mol. The van der Waals surface area contributed by atoms with E-state index in [1.807, 2.05) is 0 Å². The summed E-state index contributed by atoms with van der Waals surface area (Å²) >= 11 is 0. The zero-order chi connectivity index (χ0) is 14.7. The fourth-order valence-corrected chi connectivity index (χ4v) is 3.04. The van der Waals surface area contributed by atoms with Crippen molar-refractivity contribution in [1.29, 1.82) is 0 Å². The minimum Gasteiger partial charge on any atom is -0.373 e. The molecule has 0 spiro atoms. The lowest BCUT2D eigenvalue weighted by Gasteiger charge is -2.42. The molecule has 2 saturated heterocycles. The van der Waals surface area contributed by atoms with Gasteiger partial charge in [-0.2, -0.15) is 0 Å². The van der Waals surface area contributed by atoms with Gasteiger partial charge in [-0.3, -0.25) is 14.7 Å². The summed E-state index contributed by atoms with van der Waals surface area (Å²) in [5, 5.41) is 2.75. The molecular weight excluding hydrogens is 273 g/mol. The van der Waals surface area contributed by atoms with Gasteiger partial charge >= 0.3 is 0 Å². The van der Waals surface area contributed by atoms with Crippen LogP contribution in [0.1, 0.15) is 29.6 Å². The van der Waals surface area contributed by atoms with Gasteiger partial charge in [0, 0.05) is 25.3 Å². The van der Waals surface area contributed by atoms with Gasteiger partial charge < -0.3 is 10.1 Å². The van der Waals surface area contributed by atoms with Gasteiger partial charge in [-0.05, 0) is 25.5 Å². The molecule has 2 atom stereocenters. The Balaban J connectivity index is 1.51. The molecule has 6 heteroatoms. The second-order valence-electron chi connectivity index (χ2n) is 5.67. The number of piperidine rings is 1. The molecule has 0 aromatic carbocycles. The van der Waals surface area contributed by atoms with Gasteiger partial charge in [0.25, 0.3) is 5.91 Å². The van der Waals surface area contributed by atoms with E-state index in [0.717, 1.165) is 25.9 Å². The zero-order valence-electron chi connectivity index (χ0n) is 11.9. The lowest BCUT2D eigenvalue weighted by molar-refractivity contribution is -0.0725. The highest BCUT2D eigenvalue weighted by molar-refractivity contribution is 5.94. The molecule has 2 aliphatic rings. The highest BCUT2D eigenvalue weighted by atomic mass is 19.1. The van der Waals surface area contributed by atoms with Crippen LogP contribution in [-0.4, -0.2) is 54.2 Å². The van der Waals surface area contributed by atoms with Crippen LogP contribution in [0.15, 0.2) is 18.5 Å². The topological polar surface area (TPSA) is 54.5 Å². The number of hydrogen-bond acceptors (Lipinski definition) is 4. The molecule has 0 unspecified atom stereocenters. The Morgan fingerprint density at radius 1 is 1.52 bits per heavy atom. The Morgan fingerprint density at radius 2 is 2.43 bits per heavy atom. The summed E-state index contributed by atoms with van der Waals surface area (Å²) in [6.07, 6.45) is 6.14. The fourth-order valence-electron chi connectivity index (χ4n) is 3.04. The van der Waals surface area contributed by atoms with E-state index < -0.39 is 11.7 Å². The smallest absolute Gasteiger partial charge is 0.254 e. The number of ether oxygens (including phenoxy) is 1. The van der Waals surface area contributed by atoms with E-state index in [2.05, 4.69) is 15.2 Å². The maximum Gasteiger partial charge on any atom is 0.254 e. The fraction of sp³-hybridized carbons (Fsp3) is 0.600. The highest BCUT2D eigenvalue weighted by Crippen LogP contribution is 2.21. The van der Waals surface area contributed by atoms with Crippen LogP contribution >= 0.6 is 0 Å². The number of amides is 1. The van der Waals surface area contributed by atoms with E-state index >= 15 is 0 Å². The van der Waals surface area contributed by atoms with E-state index in [9.17, 15) is 9.18 Å². The third-order valence-corrected chi connectivity index (χ3v) is 4.22. The Bertz CT molecular complexity index is 511. The van der Waals surface area contributed by atoms with Crippen molar-refractivity contribution in [2.45, 2.75) is 31.4 Å². The summed E-state index contributed by atoms with van der Waals surface area (Å²) in [6, 6.07) is 1.91. The Kier molecular flexibility index (Phi) is 4.45. The predicted octanol–water partition coefficient (Wildman–Crippen LogP) is 1.20. The lowest BCUT2D eigenvalue weighted by atomic mass is 10.0.